The Morgan fingerprint density at radius 1 is 1.04 bits per heavy atom. The van der Waals surface area contributed by atoms with Gasteiger partial charge in [0.2, 0.25) is 5.91 Å². The molecule has 1 fully saturated rings. The van der Waals surface area contributed by atoms with Gasteiger partial charge in [-0.2, -0.15) is 0 Å². The van der Waals surface area contributed by atoms with Crippen LogP contribution in [-0.2, 0) is 27.6 Å². The molecule has 0 bridgehead atoms. The van der Waals surface area contributed by atoms with Crippen molar-refractivity contribution in [2.24, 2.45) is 0 Å². The lowest BCUT2D eigenvalue weighted by Crippen LogP contribution is -2.47. The predicted molar refractivity (Wildman–Crippen MR) is 106 cm³/mol. The van der Waals surface area contributed by atoms with E-state index >= 15 is 0 Å². The van der Waals surface area contributed by atoms with Gasteiger partial charge in [-0.1, -0.05) is 42.5 Å². The van der Waals surface area contributed by atoms with Gasteiger partial charge in [-0.15, -0.1) is 0 Å². The average molecular weight is 385 g/mol. The smallest absolute Gasteiger partial charge is 0.241 e. The quantitative estimate of drug-likeness (QED) is 0.811. The van der Waals surface area contributed by atoms with E-state index in [9.17, 15) is 13.2 Å². The zero-order chi connectivity index (χ0) is 18.9. The van der Waals surface area contributed by atoms with Gasteiger partial charge in [0.1, 0.15) is 0 Å². The Kier molecular flexibility index (Phi) is 5.02. The van der Waals surface area contributed by atoms with Crippen LogP contribution >= 0.6 is 0 Å². The summed E-state index contributed by atoms with van der Waals surface area (Å²) in [5.74, 6) is 0.185. The molecule has 0 aromatic heterocycles. The largest absolute Gasteiger partial charge is 0.307 e. The maximum Gasteiger partial charge on any atom is 0.241 e. The van der Waals surface area contributed by atoms with Crippen LogP contribution in [0.4, 0.5) is 5.69 Å². The summed E-state index contributed by atoms with van der Waals surface area (Å²) < 4.78 is 24.0. The van der Waals surface area contributed by atoms with E-state index in [1.165, 1.54) is 11.1 Å². The highest BCUT2D eigenvalue weighted by molar-refractivity contribution is 7.91. The second-order valence-electron chi connectivity index (χ2n) is 7.39. The minimum atomic E-state index is -3.06. The summed E-state index contributed by atoms with van der Waals surface area (Å²) in [6, 6.07) is 17.5. The van der Waals surface area contributed by atoms with Crippen molar-refractivity contribution >= 4 is 21.4 Å². The summed E-state index contributed by atoms with van der Waals surface area (Å²) in [7, 11) is -3.06. The number of carbonyl (C=O) groups is 1. The van der Waals surface area contributed by atoms with Gasteiger partial charge < -0.3 is 4.90 Å². The molecule has 1 saturated heterocycles. The van der Waals surface area contributed by atoms with Gasteiger partial charge in [0.25, 0.3) is 0 Å². The highest BCUT2D eigenvalue weighted by Gasteiger charge is 2.36. The van der Waals surface area contributed by atoms with Crippen molar-refractivity contribution in [2.75, 3.05) is 29.5 Å². The summed E-state index contributed by atoms with van der Waals surface area (Å²) in [4.78, 5) is 17.1. The Hall–Kier alpha value is -2.18. The Morgan fingerprint density at radius 2 is 1.74 bits per heavy atom. The number of amides is 1. The zero-order valence-corrected chi connectivity index (χ0v) is 16.1. The third-order valence-corrected chi connectivity index (χ3v) is 7.20. The number of hydrogen-bond acceptors (Lipinski definition) is 4. The number of rotatable bonds is 4. The fourth-order valence-electron chi connectivity index (χ4n) is 4.08. The Bertz CT molecular complexity index is 927. The monoisotopic (exact) mass is 384 g/mol. The van der Waals surface area contributed by atoms with E-state index in [1.807, 2.05) is 36.4 Å². The maximum atomic E-state index is 13.2. The van der Waals surface area contributed by atoms with Crippen LogP contribution in [-0.4, -0.2) is 49.9 Å². The van der Waals surface area contributed by atoms with E-state index in [-0.39, 0.29) is 23.5 Å². The van der Waals surface area contributed by atoms with Crippen molar-refractivity contribution in [1.82, 2.24) is 4.90 Å². The van der Waals surface area contributed by atoms with Crippen LogP contribution in [0.2, 0.25) is 0 Å². The van der Waals surface area contributed by atoms with Crippen molar-refractivity contribution in [2.45, 2.75) is 25.4 Å². The first-order valence-electron chi connectivity index (χ1n) is 9.38. The van der Waals surface area contributed by atoms with Crippen molar-refractivity contribution in [3.05, 3.63) is 65.7 Å². The van der Waals surface area contributed by atoms with E-state index < -0.39 is 9.84 Å². The van der Waals surface area contributed by atoms with Gasteiger partial charge in [0.15, 0.2) is 9.84 Å². The molecule has 2 aromatic carbocycles. The number of carbonyl (C=O) groups excluding carboxylic acids is 1. The summed E-state index contributed by atoms with van der Waals surface area (Å²) in [6.45, 7) is 1.90. The molecule has 0 radical (unpaired) electrons. The third-order valence-electron chi connectivity index (χ3n) is 5.45. The van der Waals surface area contributed by atoms with Crippen molar-refractivity contribution < 1.29 is 13.2 Å². The van der Waals surface area contributed by atoms with Crippen LogP contribution < -0.4 is 4.90 Å². The second kappa shape index (κ2) is 7.44. The maximum absolute atomic E-state index is 13.2. The average Bonchev–Trinajstić information content (AvgIpc) is 3.02. The molecule has 1 amide bonds. The first kappa shape index (κ1) is 18.2. The normalized spacial score (nSPS) is 21.6. The molecule has 0 N–H and O–H groups in total. The minimum absolute atomic E-state index is 0.0253. The van der Waals surface area contributed by atoms with Crippen LogP contribution in [0.15, 0.2) is 54.6 Å². The molecule has 2 aliphatic rings. The van der Waals surface area contributed by atoms with Crippen molar-refractivity contribution in [3.8, 4) is 0 Å². The molecule has 0 unspecified atom stereocenters. The summed E-state index contributed by atoms with van der Waals surface area (Å²) in [5.41, 5.74) is 3.40. The number of hydrogen-bond donors (Lipinski definition) is 0. The molecule has 2 aromatic rings. The lowest BCUT2D eigenvalue weighted by atomic mass is 10.00. The van der Waals surface area contributed by atoms with Gasteiger partial charge in [0, 0.05) is 18.8 Å². The Morgan fingerprint density at radius 3 is 2.44 bits per heavy atom. The van der Waals surface area contributed by atoms with Crippen molar-refractivity contribution in [1.29, 1.82) is 0 Å². The number of anilines is 1. The standard InChI is InChI=1S/C21H24N2O3S/c24-21(15-22-12-10-17-6-4-5-7-18(17)14-22)23(19-8-2-1-3-9-19)20-11-13-27(25,26)16-20/h1-9,20H,10-16H2/t20-/m0/s1. The van der Waals surface area contributed by atoms with Gasteiger partial charge in [-0.05, 0) is 36.1 Å². The number of benzene rings is 2. The molecule has 0 aliphatic carbocycles. The fourth-order valence-corrected chi connectivity index (χ4v) is 5.78. The van der Waals surface area contributed by atoms with Gasteiger partial charge in [-0.25, -0.2) is 8.42 Å². The van der Waals surface area contributed by atoms with Crippen LogP contribution in [0, 0.1) is 0 Å². The molecule has 6 heteroatoms. The molecule has 0 spiro atoms. The van der Waals surface area contributed by atoms with E-state index in [2.05, 4.69) is 23.1 Å². The second-order valence-corrected chi connectivity index (χ2v) is 9.61. The highest BCUT2D eigenvalue weighted by Crippen LogP contribution is 2.25. The van der Waals surface area contributed by atoms with E-state index in [0.717, 1.165) is 25.2 Å². The summed E-state index contributed by atoms with van der Waals surface area (Å²) in [6.07, 6.45) is 1.44. The van der Waals surface area contributed by atoms with Gasteiger partial charge in [-0.3, -0.25) is 9.69 Å². The van der Waals surface area contributed by atoms with Crippen LogP contribution in [0.3, 0.4) is 0 Å². The van der Waals surface area contributed by atoms with Gasteiger partial charge in [0.05, 0.1) is 24.1 Å². The molecule has 5 nitrogen and oxygen atoms in total. The lowest BCUT2D eigenvalue weighted by Gasteiger charge is -2.33. The summed E-state index contributed by atoms with van der Waals surface area (Å²) in [5, 5.41) is 0. The minimum Gasteiger partial charge on any atom is -0.307 e. The highest BCUT2D eigenvalue weighted by atomic mass is 32.2. The Balaban J connectivity index is 1.53. The Labute approximate surface area is 160 Å². The lowest BCUT2D eigenvalue weighted by molar-refractivity contribution is -0.120. The molecule has 27 heavy (non-hydrogen) atoms. The fraction of sp³-hybridized carbons (Fsp3) is 0.381. The number of sulfone groups is 1. The first-order valence-corrected chi connectivity index (χ1v) is 11.2. The predicted octanol–water partition coefficient (Wildman–Crippen LogP) is 2.27. The van der Waals surface area contributed by atoms with Crippen molar-refractivity contribution in [3.63, 3.8) is 0 Å². The zero-order valence-electron chi connectivity index (χ0n) is 15.3. The van der Waals surface area contributed by atoms with Crippen LogP contribution in [0.1, 0.15) is 17.5 Å². The third kappa shape index (κ3) is 4.06. The topological polar surface area (TPSA) is 57.7 Å². The SMILES string of the molecule is O=C(CN1CCc2ccccc2C1)N(c1ccccc1)[C@H]1CCS(=O)(=O)C1. The molecule has 142 valence electrons. The van der Waals surface area contributed by atoms with Crippen LogP contribution in [0.5, 0.6) is 0 Å². The molecule has 0 saturated carbocycles. The molecule has 2 heterocycles. The van der Waals surface area contributed by atoms with Crippen LogP contribution in [0.25, 0.3) is 0 Å². The van der Waals surface area contributed by atoms with E-state index in [0.29, 0.717) is 13.0 Å². The van der Waals surface area contributed by atoms with E-state index in [1.54, 1.807) is 4.90 Å². The number of fused-ring (bicyclic) bond motifs is 1. The first-order chi connectivity index (χ1) is 13.0. The molecule has 1 atom stereocenters. The molecule has 4 rings (SSSR count). The molecule has 2 aliphatic heterocycles. The molecular formula is C21H24N2O3S. The summed E-state index contributed by atoms with van der Waals surface area (Å²) >= 11 is 0. The van der Waals surface area contributed by atoms with E-state index in [4.69, 9.17) is 0 Å². The van der Waals surface area contributed by atoms with Gasteiger partial charge >= 0.3 is 0 Å². The number of nitrogens with zero attached hydrogens (tertiary/aromatic N) is 2. The number of para-hydroxylation sites is 1. The molecular weight excluding hydrogens is 360 g/mol.